The summed E-state index contributed by atoms with van der Waals surface area (Å²) < 4.78 is 31.0. The fourth-order valence-corrected chi connectivity index (χ4v) is 5.44. The highest BCUT2D eigenvalue weighted by molar-refractivity contribution is 7.94. The molecule has 1 saturated heterocycles. The molecule has 132 valence electrons. The Morgan fingerprint density at radius 2 is 1.88 bits per heavy atom. The third-order valence-electron chi connectivity index (χ3n) is 5.36. The van der Waals surface area contributed by atoms with Crippen molar-refractivity contribution in [2.75, 3.05) is 31.0 Å². The van der Waals surface area contributed by atoms with Gasteiger partial charge in [-0.3, -0.25) is 9.10 Å². The van der Waals surface area contributed by atoms with Crippen LogP contribution < -0.4 is 9.62 Å². The number of hydrogen-bond acceptors (Lipinski definition) is 5. The number of anilines is 1. The molecule has 1 spiro atoms. The Morgan fingerprint density at radius 3 is 2.50 bits per heavy atom. The van der Waals surface area contributed by atoms with Gasteiger partial charge < -0.3 is 10.1 Å². The Labute approximate surface area is 143 Å². The maximum Gasteiger partial charge on any atom is 0.328 e. The van der Waals surface area contributed by atoms with Gasteiger partial charge in [0, 0.05) is 12.0 Å². The number of fused-ring (bicyclic) bond motifs is 2. The van der Waals surface area contributed by atoms with Crippen LogP contribution in [0.3, 0.4) is 0 Å². The molecule has 0 saturated carbocycles. The number of carbonyl (C=O) groups excluding carboxylic acids is 1. The van der Waals surface area contributed by atoms with Crippen LogP contribution in [0, 0.1) is 0 Å². The molecule has 0 aromatic heterocycles. The number of ether oxygens (including phenoxy) is 1. The van der Waals surface area contributed by atoms with Crippen LogP contribution >= 0.6 is 0 Å². The van der Waals surface area contributed by atoms with Gasteiger partial charge in [0.2, 0.25) is 0 Å². The van der Waals surface area contributed by atoms with E-state index in [1.807, 2.05) is 24.3 Å². The molecule has 7 heteroatoms. The summed E-state index contributed by atoms with van der Waals surface area (Å²) in [6.07, 6.45) is 1.77. The molecule has 2 aliphatic rings. The van der Waals surface area contributed by atoms with Crippen molar-refractivity contribution in [3.63, 3.8) is 0 Å². The Bertz CT molecular complexity index is 752. The Kier molecular flexibility index (Phi) is 4.12. The monoisotopic (exact) mass is 352 g/mol. The maximum absolute atomic E-state index is 13.3. The maximum atomic E-state index is 13.3. The minimum atomic E-state index is -3.90. The molecular weight excluding hydrogens is 328 g/mol. The zero-order valence-electron chi connectivity index (χ0n) is 14.3. The standard InChI is InChI=1S/C17H24N2O4S/c1-16(2,15(20)23-3)24(21,22)19-12-17(8-10-18-11-9-17)13-6-4-5-7-14(13)19/h4-7,18H,8-12H2,1-3H3. The lowest BCUT2D eigenvalue weighted by Crippen LogP contribution is -2.52. The summed E-state index contributed by atoms with van der Waals surface area (Å²) in [5.41, 5.74) is 1.58. The predicted molar refractivity (Wildman–Crippen MR) is 92.6 cm³/mol. The van der Waals surface area contributed by atoms with E-state index >= 15 is 0 Å². The second kappa shape index (κ2) is 5.74. The van der Waals surface area contributed by atoms with Crippen LogP contribution in [0.4, 0.5) is 5.69 Å². The average molecular weight is 352 g/mol. The molecule has 0 radical (unpaired) electrons. The summed E-state index contributed by atoms with van der Waals surface area (Å²) in [4.78, 5) is 12.1. The van der Waals surface area contributed by atoms with Crippen LogP contribution in [0.2, 0.25) is 0 Å². The first-order valence-corrected chi connectivity index (χ1v) is 9.61. The number of esters is 1. The molecule has 0 bridgehead atoms. The van der Waals surface area contributed by atoms with Crippen molar-refractivity contribution in [1.82, 2.24) is 5.32 Å². The lowest BCUT2D eigenvalue weighted by Gasteiger charge is -2.35. The second-order valence-electron chi connectivity index (χ2n) is 7.06. The van der Waals surface area contributed by atoms with E-state index in [9.17, 15) is 13.2 Å². The quantitative estimate of drug-likeness (QED) is 0.833. The van der Waals surface area contributed by atoms with E-state index in [2.05, 4.69) is 5.32 Å². The Hall–Kier alpha value is -1.60. The van der Waals surface area contributed by atoms with Crippen molar-refractivity contribution in [1.29, 1.82) is 0 Å². The number of hydrogen-bond donors (Lipinski definition) is 1. The number of nitrogens with zero attached hydrogens (tertiary/aromatic N) is 1. The van der Waals surface area contributed by atoms with E-state index in [0.717, 1.165) is 31.5 Å². The van der Waals surface area contributed by atoms with Gasteiger partial charge in [-0.2, -0.15) is 0 Å². The topological polar surface area (TPSA) is 75.7 Å². The SMILES string of the molecule is COC(=O)C(C)(C)S(=O)(=O)N1CC2(CCNCC2)c2ccccc21. The molecule has 6 nitrogen and oxygen atoms in total. The molecule has 1 fully saturated rings. The van der Waals surface area contributed by atoms with E-state index in [-0.39, 0.29) is 5.41 Å². The van der Waals surface area contributed by atoms with Gasteiger partial charge >= 0.3 is 5.97 Å². The van der Waals surface area contributed by atoms with Crippen molar-refractivity contribution in [3.05, 3.63) is 29.8 Å². The number of sulfonamides is 1. The number of methoxy groups -OCH3 is 1. The largest absolute Gasteiger partial charge is 0.468 e. The summed E-state index contributed by atoms with van der Waals surface area (Å²) >= 11 is 0. The fraction of sp³-hybridized carbons (Fsp3) is 0.588. The zero-order chi connectivity index (χ0) is 17.6. The van der Waals surface area contributed by atoms with Crippen molar-refractivity contribution >= 4 is 21.7 Å². The van der Waals surface area contributed by atoms with Gasteiger partial charge in [-0.15, -0.1) is 0 Å². The molecule has 0 aliphatic carbocycles. The molecule has 0 unspecified atom stereocenters. The third-order valence-corrected chi connectivity index (χ3v) is 7.73. The molecule has 2 heterocycles. The highest BCUT2D eigenvalue weighted by Crippen LogP contribution is 2.48. The molecule has 24 heavy (non-hydrogen) atoms. The van der Waals surface area contributed by atoms with Crippen LogP contribution in [-0.4, -0.2) is 45.9 Å². The fourth-order valence-electron chi connectivity index (χ4n) is 3.76. The van der Waals surface area contributed by atoms with Crippen molar-refractivity contribution in [3.8, 4) is 0 Å². The number of carbonyl (C=O) groups is 1. The minimum absolute atomic E-state index is 0.179. The Balaban J connectivity index is 2.09. The first-order valence-electron chi connectivity index (χ1n) is 8.17. The molecule has 0 atom stereocenters. The number of para-hydroxylation sites is 1. The molecule has 3 rings (SSSR count). The van der Waals surface area contributed by atoms with Crippen LogP contribution in [-0.2, 0) is 25.0 Å². The van der Waals surface area contributed by atoms with Crippen molar-refractivity contribution < 1.29 is 17.9 Å². The van der Waals surface area contributed by atoms with Gasteiger partial charge in [-0.1, -0.05) is 18.2 Å². The van der Waals surface area contributed by atoms with Gasteiger partial charge in [0.25, 0.3) is 10.0 Å². The average Bonchev–Trinajstić information content (AvgIpc) is 2.90. The lowest BCUT2D eigenvalue weighted by atomic mass is 9.75. The van der Waals surface area contributed by atoms with Crippen molar-refractivity contribution in [2.24, 2.45) is 0 Å². The van der Waals surface area contributed by atoms with E-state index in [0.29, 0.717) is 12.2 Å². The van der Waals surface area contributed by atoms with Gasteiger partial charge in [0.1, 0.15) is 0 Å². The summed E-state index contributed by atoms with van der Waals surface area (Å²) in [5, 5.41) is 3.34. The Morgan fingerprint density at radius 1 is 1.25 bits per heavy atom. The molecule has 0 amide bonds. The lowest BCUT2D eigenvalue weighted by molar-refractivity contribution is -0.142. The number of rotatable bonds is 3. The van der Waals surface area contributed by atoms with Gasteiger partial charge in [-0.05, 0) is 51.4 Å². The number of piperidine rings is 1. The molecule has 1 N–H and O–H groups in total. The van der Waals surface area contributed by atoms with Crippen molar-refractivity contribution in [2.45, 2.75) is 36.9 Å². The van der Waals surface area contributed by atoms with E-state index in [1.54, 1.807) is 0 Å². The first-order chi connectivity index (χ1) is 11.3. The van der Waals surface area contributed by atoms with Gasteiger partial charge in [0.05, 0.1) is 12.8 Å². The predicted octanol–water partition coefficient (Wildman–Crippen LogP) is 1.41. The van der Waals surface area contributed by atoms with E-state index in [1.165, 1.54) is 25.3 Å². The van der Waals surface area contributed by atoms with E-state index < -0.39 is 20.7 Å². The highest BCUT2D eigenvalue weighted by atomic mass is 32.2. The summed E-state index contributed by atoms with van der Waals surface area (Å²) in [6, 6.07) is 7.63. The van der Waals surface area contributed by atoms with Gasteiger partial charge in [-0.25, -0.2) is 8.42 Å². The summed E-state index contributed by atoms with van der Waals surface area (Å²) in [6.45, 7) is 4.93. The van der Waals surface area contributed by atoms with Gasteiger partial charge in [0.15, 0.2) is 4.75 Å². The molecule has 1 aromatic rings. The van der Waals surface area contributed by atoms with Crippen LogP contribution in [0.15, 0.2) is 24.3 Å². The minimum Gasteiger partial charge on any atom is -0.468 e. The van der Waals surface area contributed by atoms with E-state index in [4.69, 9.17) is 4.74 Å². The molecular formula is C17H24N2O4S. The summed E-state index contributed by atoms with van der Waals surface area (Å²) in [5.74, 6) is -0.744. The van der Waals surface area contributed by atoms with Crippen LogP contribution in [0.25, 0.3) is 0 Å². The van der Waals surface area contributed by atoms with Crippen LogP contribution in [0.1, 0.15) is 32.3 Å². The highest BCUT2D eigenvalue weighted by Gasteiger charge is 2.53. The first kappa shape index (κ1) is 17.2. The second-order valence-corrected chi connectivity index (χ2v) is 9.47. The summed E-state index contributed by atoms with van der Waals surface area (Å²) in [7, 11) is -2.69. The number of nitrogens with one attached hydrogen (secondary N) is 1. The molecule has 1 aromatic carbocycles. The third kappa shape index (κ3) is 2.33. The zero-order valence-corrected chi connectivity index (χ0v) is 15.1. The smallest absolute Gasteiger partial charge is 0.328 e. The number of benzene rings is 1. The molecule has 2 aliphatic heterocycles. The normalized spacial score (nSPS) is 20.0. The van der Waals surface area contributed by atoms with Crippen LogP contribution in [0.5, 0.6) is 0 Å².